The fraction of sp³-hybridized carbons (Fsp3) is 0. The number of carbonyl (C=O) groups is 1. The number of nitrogens with one attached hydrogen (secondary N) is 1. The smallest absolute Gasteiger partial charge is 0.249 e. The van der Waals surface area contributed by atoms with E-state index >= 15 is 0 Å². The molecule has 4 nitrogen and oxygen atoms in total. The predicted molar refractivity (Wildman–Crippen MR) is 52.5 cm³/mol. The van der Waals surface area contributed by atoms with E-state index < -0.39 is 5.91 Å². The number of rotatable bonds is 2. The van der Waals surface area contributed by atoms with Crippen LogP contribution in [0.5, 0.6) is 0 Å². The molecule has 1 aromatic carbocycles. The van der Waals surface area contributed by atoms with Crippen molar-refractivity contribution in [1.29, 1.82) is 0 Å². The third kappa shape index (κ3) is 1.37. The number of carbonyl (C=O) groups excluding carboxylic acids is 1. The van der Waals surface area contributed by atoms with Crippen molar-refractivity contribution in [2.24, 2.45) is 5.73 Å². The quantitative estimate of drug-likeness (QED) is 0.740. The number of hydrogen-bond donors (Lipinski definition) is 2. The van der Waals surface area contributed by atoms with Crippen LogP contribution in [0.25, 0.3) is 11.1 Å². The highest BCUT2D eigenvalue weighted by Crippen LogP contribution is 2.21. The van der Waals surface area contributed by atoms with Gasteiger partial charge in [0.2, 0.25) is 5.91 Å². The van der Waals surface area contributed by atoms with Gasteiger partial charge in [0.15, 0.2) is 0 Å². The predicted octanol–water partition coefficient (Wildman–Crippen LogP) is 1.18. The molecule has 1 amide bonds. The van der Waals surface area contributed by atoms with Crippen molar-refractivity contribution >= 4 is 5.91 Å². The summed E-state index contributed by atoms with van der Waals surface area (Å²) >= 11 is 0. The maximum absolute atomic E-state index is 11.1. The lowest BCUT2D eigenvalue weighted by atomic mass is 10.0. The average molecular weight is 187 g/mol. The third-order valence-electron chi connectivity index (χ3n) is 2.00. The summed E-state index contributed by atoms with van der Waals surface area (Å²) in [5.41, 5.74) is 7.42. The zero-order chi connectivity index (χ0) is 9.97. The molecule has 1 aromatic heterocycles. The molecular weight excluding hydrogens is 178 g/mol. The fourth-order valence-electron chi connectivity index (χ4n) is 1.35. The van der Waals surface area contributed by atoms with E-state index in [4.69, 9.17) is 5.73 Å². The summed E-state index contributed by atoms with van der Waals surface area (Å²) in [6.45, 7) is 0. The van der Waals surface area contributed by atoms with E-state index in [9.17, 15) is 4.79 Å². The van der Waals surface area contributed by atoms with Crippen molar-refractivity contribution in [3.05, 3.63) is 42.2 Å². The Hall–Kier alpha value is -2.10. The van der Waals surface area contributed by atoms with Gasteiger partial charge in [-0.2, -0.15) is 5.10 Å². The Morgan fingerprint density at radius 3 is 2.79 bits per heavy atom. The first-order valence-corrected chi connectivity index (χ1v) is 4.17. The normalized spacial score (nSPS) is 10.0. The van der Waals surface area contributed by atoms with Crippen molar-refractivity contribution in [2.45, 2.75) is 0 Å². The van der Waals surface area contributed by atoms with Gasteiger partial charge < -0.3 is 5.73 Å². The van der Waals surface area contributed by atoms with E-state index in [0.717, 1.165) is 11.1 Å². The van der Waals surface area contributed by atoms with Gasteiger partial charge in [0.05, 0.1) is 6.20 Å². The molecule has 0 aliphatic rings. The van der Waals surface area contributed by atoms with Crippen molar-refractivity contribution in [3.63, 3.8) is 0 Å². The maximum atomic E-state index is 11.1. The lowest BCUT2D eigenvalue weighted by Gasteiger charge is -2.02. The van der Waals surface area contributed by atoms with Crippen LogP contribution in [0.4, 0.5) is 0 Å². The number of amides is 1. The Kier molecular flexibility index (Phi) is 2.02. The second-order valence-electron chi connectivity index (χ2n) is 2.90. The van der Waals surface area contributed by atoms with Crippen LogP contribution in [0.1, 0.15) is 10.4 Å². The SMILES string of the molecule is NC(=O)c1ccccc1-c1cn[nH]c1. The van der Waals surface area contributed by atoms with Crippen LogP contribution in [0.3, 0.4) is 0 Å². The van der Waals surface area contributed by atoms with Crippen LogP contribution in [0, 0.1) is 0 Å². The topological polar surface area (TPSA) is 71.8 Å². The number of benzene rings is 1. The van der Waals surface area contributed by atoms with Crippen molar-refractivity contribution < 1.29 is 4.79 Å². The molecule has 0 saturated carbocycles. The van der Waals surface area contributed by atoms with Gasteiger partial charge >= 0.3 is 0 Å². The molecule has 14 heavy (non-hydrogen) atoms. The minimum Gasteiger partial charge on any atom is -0.366 e. The van der Waals surface area contributed by atoms with Gasteiger partial charge in [0, 0.05) is 17.3 Å². The largest absolute Gasteiger partial charge is 0.366 e. The number of primary amides is 1. The summed E-state index contributed by atoms with van der Waals surface area (Å²) in [4.78, 5) is 11.1. The zero-order valence-electron chi connectivity index (χ0n) is 7.40. The monoisotopic (exact) mass is 187 g/mol. The average Bonchev–Trinajstić information content (AvgIpc) is 2.70. The second kappa shape index (κ2) is 3.33. The first-order chi connectivity index (χ1) is 6.79. The lowest BCUT2D eigenvalue weighted by molar-refractivity contribution is 0.100. The van der Waals surface area contributed by atoms with Gasteiger partial charge in [-0.05, 0) is 11.6 Å². The van der Waals surface area contributed by atoms with E-state index in [1.54, 1.807) is 24.5 Å². The molecule has 4 heteroatoms. The highest BCUT2D eigenvalue weighted by Gasteiger charge is 2.08. The number of H-pyrrole nitrogens is 1. The molecule has 3 N–H and O–H groups in total. The fourth-order valence-corrected chi connectivity index (χ4v) is 1.35. The molecular formula is C10H9N3O. The Balaban J connectivity index is 2.58. The van der Waals surface area contributed by atoms with E-state index in [-0.39, 0.29) is 0 Å². The van der Waals surface area contributed by atoms with Crippen LogP contribution in [-0.4, -0.2) is 16.1 Å². The first kappa shape index (κ1) is 8.50. The van der Waals surface area contributed by atoms with Gasteiger partial charge in [-0.25, -0.2) is 0 Å². The highest BCUT2D eigenvalue weighted by atomic mass is 16.1. The highest BCUT2D eigenvalue weighted by molar-refractivity contribution is 5.99. The van der Waals surface area contributed by atoms with E-state index in [2.05, 4.69) is 10.2 Å². The standard InChI is InChI=1S/C10H9N3O/c11-10(14)9-4-2-1-3-8(9)7-5-12-13-6-7/h1-6H,(H2,11,14)(H,12,13). The minimum absolute atomic E-state index is 0.429. The summed E-state index contributed by atoms with van der Waals surface area (Å²) in [6, 6.07) is 7.17. The van der Waals surface area contributed by atoms with Gasteiger partial charge in [-0.15, -0.1) is 0 Å². The first-order valence-electron chi connectivity index (χ1n) is 4.17. The zero-order valence-corrected chi connectivity index (χ0v) is 7.40. The molecule has 70 valence electrons. The summed E-state index contributed by atoms with van der Waals surface area (Å²) in [5, 5.41) is 6.51. The maximum Gasteiger partial charge on any atom is 0.249 e. The number of nitrogens with two attached hydrogens (primary N) is 1. The number of aromatic nitrogens is 2. The summed E-state index contributed by atoms with van der Waals surface area (Å²) in [5.74, 6) is -0.429. The molecule has 0 unspecified atom stereocenters. The van der Waals surface area contributed by atoms with E-state index in [1.165, 1.54) is 0 Å². The van der Waals surface area contributed by atoms with E-state index in [1.807, 2.05) is 12.1 Å². The Morgan fingerprint density at radius 2 is 2.14 bits per heavy atom. The van der Waals surface area contributed by atoms with Crippen LogP contribution < -0.4 is 5.73 Å². The molecule has 2 aromatic rings. The molecule has 0 fully saturated rings. The van der Waals surface area contributed by atoms with Crippen molar-refractivity contribution in [3.8, 4) is 11.1 Å². The van der Waals surface area contributed by atoms with Gasteiger partial charge in [0.1, 0.15) is 0 Å². The number of aromatic amines is 1. The number of hydrogen-bond acceptors (Lipinski definition) is 2. The minimum atomic E-state index is -0.429. The van der Waals surface area contributed by atoms with Crippen molar-refractivity contribution in [2.75, 3.05) is 0 Å². The Labute approximate surface area is 80.8 Å². The van der Waals surface area contributed by atoms with E-state index in [0.29, 0.717) is 5.56 Å². The third-order valence-corrected chi connectivity index (χ3v) is 2.00. The molecule has 0 spiro atoms. The molecule has 0 aliphatic carbocycles. The molecule has 0 aliphatic heterocycles. The molecule has 0 radical (unpaired) electrons. The van der Waals surface area contributed by atoms with Crippen LogP contribution in [0.2, 0.25) is 0 Å². The van der Waals surface area contributed by atoms with Gasteiger partial charge in [-0.1, -0.05) is 18.2 Å². The molecule has 0 bridgehead atoms. The van der Waals surface area contributed by atoms with Crippen LogP contribution in [-0.2, 0) is 0 Å². The van der Waals surface area contributed by atoms with Gasteiger partial charge in [0.25, 0.3) is 0 Å². The number of nitrogens with zero attached hydrogens (tertiary/aromatic N) is 1. The second-order valence-corrected chi connectivity index (χ2v) is 2.90. The lowest BCUT2D eigenvalue weighted by Crippen LogP contribution is -2.11. The van der Waals surface area contributed by atoms with Gasteiger partial charge in [-0.3, -0.25) is 9.89 Å². The Morgan fingerprint density at radius 1 is 1.36 bits per heavy atom. The molecule has 1 heterocycles. The molecule has 2 rings (SSSR count). The summed E-state index contributed by atoms with van der Waals surface area (Å²) < 4.78 is 0. The summed E-state index contributed by atoms with van der Waals surface area (Å²) in [6.07, 6.45) is 3.38. The van der Waals surface area contributed by atoms with Crippen molar-refractivity contribution in [1.82, 2.24) is 10.2 Å². The summed E-state index contributed by atoms with van der Waals surface area (Å²) in [7, 11) is 0. The Bertz CT molecular complexity index is 448. The molecule has 0 atom stereocenters. The van der Waals surface area contributed by atoms with Crippen LogP contribution >= 0.6 is 0 Å². The van der Waals surface area contributed by atoms with Crippen LogP contribution in [0.15, 0.2) is 36.7 Å². The molecule has 0 saturated heterocycles.